The van der Waals surface area contributed by atoms with Crippen LogP contribution in [-0.4, -0.2) is 61.1 Å². The smallest absolute Gasteiger partial charge is 0.354 e. The maximum atomic E-state index is 12.7. The number of hydrogen-bond donors (Lipinski definition) is 2. The fraction of sp³-hybridized carbons (Fsp3) is 0.346. The molecule has 5 heterocycles. The predicted octanol–water partition coefficient (Wildman–Crippen LogP) is 2.78. The van der Waals surface area contributed by atoms with Crippen molar-refractivity contribution in [2.45, 2.75) is 32.5 Å². The molecule has 0 aromatic carbocycles. The number of methoxy groups -OCH3 is 1. The Hall–Kier alpha value is -4.09. The van der Waals surface area contributed by atoms with E-state index in [4.69, 9.17) is 14.5 Å². The summed E-state index contributed by atoms with van der Waals surface area (Å²) in [6.07, 6.45) is 5.39. The van der Waals surface area contributed by atoms with Gasteiger partial charge in [-0.05, 0) is 37.6 Å². The van der Waals surface area contributed by atoms with Gasteiger partial charge in [0.05, 0.1) is 43.4 Å². The Morgan fingerprint density at radius 1 is 1.22 bits per heavy atom. The molecule has 0 spiro atoms. The van der Waals surface area contributed by atoms with Gasteiger partial charge < -0.3 is 24.7 Å². The monoisotopic (exact) mass is 502 g/mol. The van der Waals surface area contributed by atoms with E-state index in [2.05, 4.69) is 25.7 Å². The van der Waals surface area contributed by atoms with Crippen molar-refractivity contribution in [2.75, 3.05) is 25.6 Å². The minimum Gasteiger partial charge on any atom is -0.464 e. The number of aryl methyl sites for hydroxylation is 3. The first-order valence-corrected chi connectivity index (χ1v) is 12.0. The zero-order valence-electron chi connectivity index (χ0n) is 21.4. The molecule has 192 valence electrons. The van der Waals surface area contributed by atoms with Crippen LogP contribution in [0.2, 0.25) is 0 Å². The van der Waals surface area contributed by atoms with Gasteiger partial charge in [-0.3, -0.25) is 9.67 Å². The molecule has 37 heavy (non-hydrogen) atoms. The summed E-state index contributed by atoms with van der Waals surface area (Å²) in [5.74, 6) is 0.790. The Balaban J connectivity index is 1.42. The summed E-state index contributed by atoms with van der Waals surface area (Å²) in [5, 5.41) is 11.0. The second-order valence-electron chi connectivity index (χ2n) is 9.32. The van der Waals surface area contributed by atoms with E-state index >= 15 is 0 Å². The summed E-state index contributed by atoms with van der Waals surface area (Å²) >= 11 is 0. The van der Waals surface area contributed by atoms with Gasteiger partial charge in [-0.15, -0.1) is 0 Å². The molecule has 0 bridgehead atoms. The molecule has 1 fully saturated rings. The highest BCUT2D eigenvalue weighted by Crippen LogP contribution is 2.28. The zero-order valence-corrected chi connectivity index (χ0v) is 21.4. The van der Waals surface area contributed by atoms with E-state index in [1.807, 2.05) is 62.0 Å². The van der Waals surface area contributed by atoms with E-state index < -0.39 is 5.97 Å². The van der Waals surface area contributed by atoms with E-state index in [-0.39, 0.29) is 5.54 Å². The lowest BCUT2D eigenvalue weighted by Crippen LogP contribution is -2.62. The topological polar surface area (TPSA) is 121 Å². The molecule has 0 amide bonds. The van der Waals surface area contributed by atoms with Crippen LogP contribution in [0.4, 0.5) is 11.8 Å². The van der Waals surface area contributed by atoms with Crippen molar-refractivity contribution in [2.24, 2.45) is 7.05 Å². The molecule has 4 aromatic rings. The minimum absolute atomic E-state index is 0.336. The summed E-state index contributed by atoms with van der Waals surface area (Å²) < 4.78 is 14.3. The molecule has 0 atom stereocenters. The lowest BCUT2D eigenvalue weighted by Gasteiger charge is -2.42. The van der Waals surface area contributed by atoms with E-state index in [0.29, 0.717) is 37.9 Å². The predicted molar refractivity (Wildman–Crippen MR) is 137 cm³/mol. The summed E-state index contributed by atoms with van der Waals surface area (Å²) in [7, 11) is 3.22. The van der Waals surface area contributed by atoms with Crippen LogP contribution in [-0.2, 0) is 29.6 Å². The van der Waals surface area contributed by atoms with Gasteiger partial charge in [0, 0.05) is 49.9 Å². The quantitative estimate of drug-likeness (QED) is 0.333. The first-order valence-electron chi connectivity index (χ1n) is 12.0. The molecule has 1 aliphatic heterocycles. The van der Waals surface area contributed by atoms with Crippen LogP contribution >= 0.6 is 0 Å². The molecular formula is C26H30N8O3. The number of pyridine rings is 1. The van der Waals surface area contributed by atoms with Crippen LogP contribution in [0.15, 0.2) is 48.9 Å². The van der Waals surface area contributed by atoms with Crippen molar-refractivity contribution < 1.29 is 14.3 Å². The van der Waals surface area contributed by atoms with Crippen molar-refractivity contribution in [1.29, 1.82) is 0 Å². The number of rotatable bonds is 9. The lowest BCUT2D eigenvalue weighted by molar-refractivity contribution is -0.0837. The third kappa shape index (κ3) is 5.23. The lowest BCUT2D eigenvalue weighted by atomic mass is 9.96. The number of nitrogens with zero attached hydrogens (tertiary/aromatic N) is 6. The summed E-state index contributed by atoms with van der Waals surface area (Å²) in [4.78, 5) is 26.5. The normalized spacial score (nSPS) is 14.3. The summed E-state index contributed by atoms with van der Waals surface area (Å²) in [5.41, 5.74) is 4.44. The van der Waals surface area contributed by atoms with Gasteiger partial charge in [0.15, 0.2) is 0 Å². The van der Waals surface area contributed by atoms with Crippen molar-refractivity contribution >= 4 is 17.7 Å². The fourth-order valence-electron chi connectivity index (χ4n) is 4.35. The third-order valence-electron chi connectivity index (χ3n) is 6.42. The van der Waals surface area contributed by atoms with Gasteiger partial charge in [-0.1, -0.05) is 6.07 Å². The SMILES string of the molecule is COC(=O)c1cc(-c2nc(Nc3ccnn3C)ncc2C)cn1CC1(NCc2cccc(C)n2)COC1. The Morgan fingerprint density at radius 2 is 2.05 bits per heavy atom. The summed E-state index contributed by atoms with van der Waals surface area (Å²) in [6, 6.07) is 9.62. The van der Waals surface area contributed by atoms with E-state index in [1.54, 1.807) is 17.1 Å². The van der Waals surface area contributed by atoms with Crippen LogP contribution in [0.25, 0.3) is 11.3 Å². The number of aromatic nitrogens is 6. The highest BCUT2D eigenvalue weighted by Gasteiger charge is 2.39. The molecule has 0 saturated carbocycles. The van der Waals surface area contributed by atoms with Crippen LogP contribution in [0.1, 0.15) is 27.4 Å². The van der Waals surface area contributed by atoms with Gasteiger partial charge >= 0.3 is 5.97 Å². The number of hydrogen-bond acceptors (Lipinski definition) is 9. The van der Waals surface area contributed by atoms with Gasteiger partial charge in [0.25, 0.3) is 0 Å². The Labute approximate surface area is 214 Å². The molecule has 0 unspecified atom stereocenters. The molecule has 4 aromatic heterocycles. The molecule has 11 nitrogen and oxygen atoms in total. The molecule has 1 aliphatic rings. The van der Waals surface area contributed by atoms with Crippen LogP contribution in [0.5, 0.6) is 0 Å². The average Bonchev–Trinajstić information content (AvgIpc) is 3.47. The number of esters is 1. The maximum Gasteiger partial charge on any atom is 0.354 e. The largest absolute Gasteiger partial charge is 0.464 e. The van der Waals surface area contributed by atoms with E-state index in [9.17, 15) is 4.79 Å². The third-order valence-corrected chi connectivity index (χ3v) is 6.42. The number of carbonyl (C=O) groups excluding carboxylic acids is 1. The number of ether oxygens (including phenoxy) is 2. The molecule has 2 N–H and O–H groups in total. The standard InChI is InChI=1S/C26H30N8O3/c1-17-11-27-25(31-22-8-9-29-33(22)3)32-23(17)19-10-21(24(35)36-4)34(13-19)14-26(15-37-16-26)28-12-20-7-5-6-18(2)30-20/h5-11,13,28H,12,14-16H2,1-4H3,(H,27,31,32). The van der Waals surface area contributed by atoms with Crippen LogP contribution in [0.3, 0.4) is 0 Å². The average molecular weight is 503 g/mol. The Morgan fingerprint density at radius 3 is 2.73 bits per heavy atom. The van der Waals surface area contributed by atoms with Crippen LogP contribution < -0.4 is 10.6 Å². The van der Waals surface area contributed by atoms with Crippen molar-refractivity contribution in [3.8, 4) is 11.3 Å². The van der Waals surface area contributed by atoms with Gasteiger partial charge in [0.1, 0.15) is 11.5 Å². The molecule has 0 radical (unpaired) electrons. The van der Waals surface area contributed by atoms with Crippen molar-refractivity contribution in [3.63, 3.8) is 0 Å². The summed E-state index contributed by atoms with van der Waals surface area (Å²) in [6.45, 7) is 6.09. The Kier molecular flexibility index (Phi) is 6.72. The molecule has 1 saturated heterocycles. The molecular weight excluding hydrogens is 472 g/mol. The number of anilines is 2. The first kappa shape index (κ1) is 24.6. The molecule has 0 aliphatic carbocycles. The Bertz CT molecular complexity index is 1420. The molecule has 5 rings (SSSR count). The van der Waals surface area contributed by atoms with E-state index in [1.165, 1.54) is 7.11 Å². The van der Waals surface area contributed by atoms with Crippen LogP contribution in [0, 0.1) is 13.8 Å². The van der Waals surface area contributed by atoms with E-state index in [0.717, 1.165) is 34.0 Å². The first-order chi connectivity index (χ1) is 17.9. The number of nitrogens with one attached hydrogen (secondary N) is 2. The van der Waals surface area contributed by atoms with Gasteiger partial charge in [-0.25, -0.2) is 14.8 Å². The van der Waals surface area contributed by atoms with Gasteiger partial charge in [-0.2, -0.15) is 5.10 Å². The minimum atomic E-state index is -0.415. The second-order valence-corrected chi connectivity index (χ2v) is 9.32. The highest BCUT2D eigenvalue weighted by molar-refractivity contribution is 5.89. The second kappa shape index (κ2) is 10.1. The fourth-order valence-corrected chi connectivity index (χ4v) is 4.35. The maximum absolute atomic E-state index is 12.7. The van der Waals surface area contributed by atoms with Crippen molar-refractivity contribution in [1.82, 2.24) is 34.6 Å². The van der Waals surface area contributed by atoms with Gasteiger partial charge in [0.2, 0.25) is 5.95 Å². The zero-order chi connectivity index (χ0) is 26.0. The van der Waals surface area contributed by atoms with Crippen molar-refractivity contribution in [3.05, 3.63) is 71.6 Å². The highest BCUT2D eigenvalue weighted by atomic mass is 16.5. The number of carbonyl (C=O) groups is 1. The molecule has 11 heteroatoms.